The lowest BCUT2D eigenvalue weighted by Gasteiger charge is -2.12. The smallest absolute Gasteiger partial charge is 0.417 e. The van der Waals surface area contributed by atoms with Crippen LogP contribution in [0.25, 0.3) is 21.5 Å². The summed E-state index contributed by atoms with van der Waals surface area (Å²) in [4.78, 5) is 19.3. The highest BCUT2D eigenvalue weighted by molar-refractivity contribution is 7.18. The Balaban J connectivity index is 1.37. The van der Waals surface area contributed by atoms with Gasteiger partial charge < -0.3 is 20.2 Å². The summed E-state index contributed by atoms with van der Waals surface area (Å²) in [5.41, 5.74) is 9.57. The van der Waals surface area contributed by atoms with E-state index in [1.54, 1.807) is 13.3 Å². The number of hydrogen-bond donors (Lipinski definition) is 3. The van der Waals surface area contributed by atoms with Crippen LogP contribution in [-0.2, 0) is 6.42 Å². The summed E-state index contributed by atoms with van der Waals surface area (Å²) in [6.07, 6.45) is 2.56. The molecule has 0 aliphatic carbocycles. The lowest BCUT2D eigenvalue weighted by atomic mass is 10.1. The van der Waals surface area contributed by atoms with Crippen molar-refractivity contribution in [2.75, 3.05) is 19.0 Å². The molecular formula is C20H20N4O3S. The minimum Gasteiger partial charge on any atom is -0.497 e. The van der Waals surface area contributed by atoms with Gasteiger partial charge in [0.05, 0.1) is 17.5 Å². The Hall–Kier alpha value is -3.10. The van der Waals surface area contributed by atoms with Crippen LogP contribution in [-0.4, -0.2) is 29.7 Å². The van der Waals surface area contributed by atoms with Crippen molar-refractivity contribution < 1.29 is 9.15 Å². The molecule has 28 heavy (non-hydrogen) atoms. The highest BCUT2D eigenvalue weighted by atomic mass is 32.1. The van der Waals surface area contributed by atoms with E-state index in [1.807, 2.05) is 42.5 Å². The molecule has 8 heteroatoms. The van der Waals surface area contributed by atoms with Crippen molar-refractivity contribution in [1.82, 2.24) is 9.97 Å². The second kappa shape index (κ2) is 7.87. The molecule has 2 aromatic carbocycles. The SMILES string of the molecule is COc1ccc(CC(N)CNc2ncc(-c3ccc4[nH]c(=O)oc4c3)s2)cc1. The van der Waals surface area contributed by atoms with Crippen molar-refractivity contribution in [3.63, 3.8) is 0 Å². The molecule has 144 valence electrons. The lowest BCUT2D eigenvalue weighted by Crippen LogP contribution is -2.31. The molecule has 0 aliphatic heterocycles. The van der Waals surface area contributed by atoms with Gasteiger partial charge in [-0.05, 0) is 41.8 Å². The number of anilines is 1. The number of fused-ring (bicyclic) bond motifs is 1. The Labute approximate surface area is 165 Å². The van der Waals surface area contributed by atoms with Crippen molar-refractivity contribution in [2.45, 2.75) is 12.5 Å². The average Bonchev–Trinajstić information content (AvgIpc) is 3.32. The predicted molar refractivity (Wildman–Crippen MR) is 111 cm³/mol. The number of thiazole rings is 1. The Bertz CT molecular complexity index is 1130. The van der Waals surface area contributed by atoms with Crippen LogP contribution in [0.1, 0.15) is 5.56 Å². The summed E-state index contributed by atoms with van der Waals surface area (Å²) in [5.74, 6) is 0.382. The molecule has 0 amide bonds. The number of hydrogen-bond acceptors (Lipinski definition) is 7. The number of aromatic nitrogens is 2. The molecule has 7 nitrogen and oxygen atoms in total. The van der Waals surface area contributed by atoms with Crippen LogP contribution in [0.4, 0.5) is 5.13 Å². The fourth-order valence-corrected chi connectivity index (χ4v) is 3.76. The minimum atomic E-state index is -0.454. The highest BCUT2D eigenvalue weighted by Gasteiger charge is 2.10. The first-order valence-corrected chi connectivity index (χ1v) is 9.64. The van der Waals surface area contributed by atoms with Crippen LogP contribution in [0.3, 0.4) is 0 Å². The zero-order chi connectivity index (χ0) is 19.5. The molecule has 0 spiro atoms. The number of aromatic amines is 1. The molecule has 1 atom stereocenters. The molecule has 0 bridgehead atoms. The minimum absolute atomic E-state index is 0.0359. The van der Waals surface area contributed by atoms with Gasteiger partial charge in [0.15, 0.2) is 10.7 Å². The Morgan fingerprint density at radius 3 is 2.89 bits per heavy atom. The first-order valence-electron chi connectivity index (χ1n) is 8.82. The molecule has 4 aromatic rings. The molecule has 0 saturated heterocycles. The number of rotatable bonds is 7. The standard InChI is InChI=1S/C20H20N4O3S/c1-26-15-5-2-12(3-6-15)8-14(21)10-22-19-23-11-18(28-19)13-4-7-16-17(9-13)27-20(25)24-16/h2-7,9,11,14H,8,10,21H2,1H3,(H,22,23)(H,24,25). The monoisotopic (exact) mass is 396 g/mol. The normalized spacial score (nSPS) is 12.2. The lowest BCUT2D eigenvalue weighted by molar-refractivity contribution is 0.414. The van der Waals surface area contributed by atoms with E-state index in [9.17, 15) is 4.79 Å². The van der Waals surface area contributed by atoms with Crippen molar-refractivity contribution in [3.8, 4) is 16.2 Å². The van der Waals surface area contributed by atoms with Gasteiger partial charge in [-0.1, -0.05) is 29.5 Å². The van der Waals surface area contributed by atoms with Gasteiger partial charge in [-0.15, -0.1) is 0 Å². The van der Waals surface area contributed by atoms with E-state index in [4.69, 9.17) is 14.9 Å². The van der Waals surface area contributed by atoms with E-state index in [2.05, 4.69) is 15.3 Å². The van der Waals surface area contributed by atoms with Gasteiger partial charge >= 0.3 is 5.76 Å². The highest BCUT2D eigenvalue weighted by Crippen LogP contribution is 2.30. The van der Waals surface area contributed by atoms with Gasteiger partial charge in [-0.3, -0.25) is 4.98 Å². The van der Waals surface area contributed by atoms with E-state index in [-0.39, 0.29) is 6.04 Å². The van der Waals surface area contributed by atoms with Crippen LogP contribution < -0.4 is 21.5 Å². The number of nitrogens with zero attached hydrogens (tertiary/aromatic N) is 1. The summed E-state index contributed by atoms with van der Waals surface area (Å²) in [5, 5.41) is 4.10. The second-order valence-electron chi connectivity index (χ2n) is 6.45. The number of benzene rings is 2. The number of H-pyrrole nitrogens is 1. The molecule has 0 radical (unpaired) electrons. The molecular weight excluding hydrogens is 376 g/mol. The maximum absolute atomic E-state index is 11.3. The van der Waals surface area contributed by atoms with Gasteiger partial charge in [0, 0.05) is 18.8 Å². The molecule has 4 N–H and O–H groups in total. The van der Waals surface area contributed by atoms with Crippen molar-refractivity contribution in [2.24, 2.45) is 5.73 Å². The Morgan fingerprint density at radius 2 is 2.11 bits per heavy atom. The van der Waals surface area contributed by atoms with Crippen LogP contribution >= 0.6 is 11.3 Å². The van der Waals surface area contributed by atoms with Crippen molar-refractivity contribution in [1.29, 1.82) is 0 Å². The van der Waals surface area contributed by atoms with Crippen LogP contribution in [0.5, 0.6) is 5.75 Å². The Kier molecular flexibility index (Phi) is 5.14. The zero-order valence-corrected chi connectivity index (χ0v) is 16.1. The second-order valence-corrected chi connectivity index (χ2v) is 7.48. The predicted octanol–water partition coefficient (Wildman–Crippen LogP) is 3.24. The average molecular weight is 396 g/mol. The van der Waals surface area contributed by atoms with E-state index >= 15 is 0 Å². The zero-order valence-electron chi connectivity index (χ0n) is 15.3. The summed E-state index contributed by atoms with van der Waals surface area (Å²) in [6.45, 7) is 0.616. The van der Waals surface area contributed by atoms with Crippen LogP contribution in [0, 0.1) is 0 Å². The third kappa shape index (κ3) is 4.08. The van der Waals surface area contributed by atoms with E-state index in [0.29, 0.717) is 17.6 Å². The third-order valence-electron chi connectivity index (χ3n) is 4.38. The van der Waals surface area contributed by atoms with E-state index in [0.717, 1.165) is 33.3 Å². The third-order valence-corrected chi connectivity index (χ3v) is 5.39. The van der Waals surface area contributed by atoms with Crippen LogP contribution in [0.2, 0.25) is 0 Å². The molecule has 1 unspecified atom stereocenters. The molecule has 0 fully saturated rings. The number of methoxy groups -OCH3 is 1. The molecule has 2 heterocycles. The molecule has 0 aliphatic rings. The maximum atomic E-state index is 11.3. The molecule has 4 rings (SSSR count). The fraction of sp³-hybridized carbons (Fsp3) is 0.200. The molecule has 0 saturated carbocycles. The number of nitrogens with two attached hydrogens (primary N) is 1. The fourth-order valence-electron chi connectivity index (χ4n) is 2.94. The maximum Gasteiger partial charge on any atom is 0.417 e. The van der Waals surface area contributed by atoms with E-state index < -0.39 is 5.76 Å². The summed E-state index contributed by atoms with van der Waals surface area (Å²) >= 11 is 1.53. The van der Waals surface area contributed by atoms with E-state index in [1.165, 1.54) is 11.3 Å². The van der Waals surface area contributed by atoms with Gasteiger partial charge in [0.25, 0.3) is 0 Å². The van der Waals surface area contributed by atoms with Crippen molar-refractivity contribution in [3.05, 3.63) is 64.8 Å². The van der Waals surface area contributed by atoms with Gasteiger partial charge in [0.2, 0.25) is 0 Å². The number of ether oxygens (including phenoxy) is 1. The van der Waals surface area contributed by atoms with Gasteiger partial charge in [0.1, 0.15) is 5.75 Å². The quantitative estimate of drug-likeness (QED) is 0.443. The largest absolute Gasteiger partial charge is 0.497 e. The first kappa shape index (κ1) is 18.3. The molecule has 2 aromatic heterocycles. The topological polar surface area (TPSA) is 106 Å². The first-order chi connectivity index (χ1) is 13.6. The van der Waals surface area contributed by atoms with Gasteiger partial charge in [-0.2, -0.15) is 0 Å². The summed E-state index contributed by atoms with van der Waals surface area (Å²) < 4.78 is 10.3. The number of oxazole rings is 1. The van der Waals surface area contributed by atoms with Crippen LogP contribution in [0.15, 0.2) is 57.9 Å². The number of nitrogens with one attached hydrogen (secondary N) is 2. The summed E-state index contributed by atoms with van der Waals surface area (Å²) in [7, 11) is 1.65. The van der Waals surface area contributed by atoms with Gasteiger partial charge in [-0.25, -0.2) is 9.78 Å². The van der Waals surface area contributed by atoms with Crippen molar-refractivity contribution >= 4 is 27.6 Å². The Morgan fingerprint density at radius 1 is 1.29 bits per heavy atom. The summed E-state index contributed by atoms with van der Waals surface area (Å²) in [6, 6.07) is 13.5.